The number of nitrogens with one attached hydrogen (secondary N) is 1. The molecule has 2 unspecified atom stereocenters. The molecule has 0 spiro atoms. The van der Waals surface area contributed by atoms with Crippen LogP contribution >= 0.6 is 27.7 Å². The van der Waals surface area contributed by atoms with Gasteiger partial charge in [0.15, 0.2) is 0 Å². The minimum Gasteiger partial charge on any atom is -0.354 e. The van der Waals surface area contributed by atoms with Crippen molar-refractivity contribution < 1.29 is 4.79 Å². The van der Waals surface area contributed by atoms with Crippen molar-refractivity contribution in [1.82, 2.24) is 5.32 Å². The van der Waals surface area contributed by atoms with E-state index in [1.165, 1.54) is 6.42 Å². The minimum atomic E-state index is -0.176. The third kappa shape index (κ3) is 4.28. The molecule has 1 fully saturated rings. The Morgan fingerprint density at radius 2 is 2.25 bits per heavy atom. The van der Waals surface area contributed by atoms with Gasteiger partial charge in [0.05, 0.1) is 4.75 Å². The predicted octanol–water partition coefficient (Wildman–Crippen LogP) is 3.20. The Labute approximate surface area is 111 Å². The molecule has 0 aliphatic carbocycles. The first kappa shape index (κ1) is 14.4. The summed E-state index contributed by atoms with van der Waals surface area (Å²) in [6.07, 6.45) is 3.28. The van der Waals surface area contributed by atoms with Crippen LogP contribution in [0.1, 0.15) is 40.0 Å². The maximum absolute atomic E-state index is 12.0. The number of hydrogen-bond donors (Lipinski definition) is 1. The lowest BCUT2D eigenvalue weighted by Crippen LogP contribution is -2.42. The van der Waals surface area contributed by atoms with Crippen molar-refractivity contribution in [2.24, 2.45) is 5.92 Å². The SMILES string of the molecule is CC(C)CC(Br)CNC(=O)C1(C)CCCS1. The maximum atomic E-state index is 12.0. The average molecular weight is 308 g/mol. The summed E-state index contributed by atoms with van der Waals surface area (Å²) >= 11 is 5.40. The fourth-order valence-corrected chi connectivity index (χ4v) is 4.08. The van der Waals surface area contributed by atoms with E-state index in [1.54, 1.807) is 11.8 Å². The second kappa shape index (κ2) is 6.29. The normalized spacial score (nSPS) is 27.1. The molecule has 16 heavy (non-hydrogen) atoms. The molecule has 0 aromatic carbocycles. The number of alkyl halides is 1. The lowest BCUT2D eigenvalue weighted by atomic mass is 10.0. The van der Waals surface area contributed by atoms with Gasteiger partial charge in [0.1, 0.15) is 0 Å². The molecule has 1 saturated heterocycles. The van der Waals surface area contributed by atoms with Crippen LogP contribution in [0.2, 0.25) is 0 Å². The summed E-state index contributed by atoms with van der Waals surface area (Å²) in [6.45, 7) is 7.20. The van der Waals surface area contributed by atoms with Crippen LogP contribution in [0.4, 0.5) is 0 Å². The van der Waals surface area contributed by atoms with Crippen molar-refractivity contribution in [3.8, 4) is 0 Å². The number of rotatable bonds is 5. The van der Waals surface area contributed by atoms with E-state index in [0.29, 0.717) is 10.7 Å². The molecule has 1 N–H and O–H groups in total. The topological polar surface area (TPSA) is 29.1 Å². The second-order valence-electron chi connectivity index (χ2n) is 5.12. The van der Waals surface area contributed by atoms with Crippen molar-refractivity contribution in [3.05, 3.63) is 0 Å². The Morgan fingerprint density at radius 3 is 2.75 bits per heavy atom. The molecule has 1 amide bonds. The molecule has 1 aliphatic rings. The Hall–Kier alpha value is 0.300. The van der Waals surface area contributed by atoms with Crippen LogP contribution in [-0.2, 0) is 4.79 Å². The molecule has 1 aliphatic heterocycles. The van der Waals surface area contributed by atoms with Gasteiger partial charge in [0, 0.05) is 11.4 Å². The van der Waals surface area contributed by atoms with Crippen LogP contribution < -0.4 is 5.32 Å². The molecular formula is C12H22BrNOS. The zero-order chi connectivity index (χ0) is 12.2. The summed E-state index contributed by atoms with van der Waals surface area (Å²) in [5.74, 6) is 1.99. The van der Waals surface area contributed by atoms with E-state index in [0.717, 1.165) is 25.1 Å². The van der Waals surface area contributed by atoms with Crippen molar-refractivity contribution in [3.63, 3.8) is 0 Å². The Bertz CT molecular complexity index is 239. The monoisotopic (exact) mass is 307 g/mol. The van der Waals surface area contributed by atoms with Crippen molar-refractivity contribution in [1.29, 1.82) is 0 Å². The maximum Gasteiger partial charge on any atom is 0.235 e. The molecule has 94 valence electrons. The number of hydrogen-bond acceptors (Lipinski definition) is 2. The lowest BCUT2D eigenvalue weighted by molar-refractivity contribution is -0.123. The van der Waals surface area contributed by atoms with E-state index in [2.05, 4.69) is 42.0 Å². The number of halogens is 1. The minimum absolute atomic E-state index is 0.176. The van der Waals surface area contributed by atoms with Gasteiger partial charge in [-0.2, -0.15) is 0 Å². The quantitative estimate of drug-likeness (QED) is 0.790. The van der Waals surface area contributed by atoms with Crippen LogP contribution in [0.3, 0.4) is 0 Å². The molecule has 2 nitrogen and oxygen atoms in total. The molecule has 1 rings (SSSR count). The van der Waals surface area contributed by atoms with Gasteiger partial charge in [0.2, 0.25) is 5.91 Å². The van der Waals surface area contributed by atoms with Crippen LogP contribution in [0, 0.1) is 5.92 Å². The summed E-state index contributed by atoms with van der Waals surface area (Å²) in [7, 11) is 0. The highest BCUT2D eigenvalue weighted by Gasteiger charge is 2.36. The molecule has 1 heterocycles. The van der Waals surface area contributed by atoms with E-state index in [4.69, 9.17) is 0 Å². The third-order valence-corrected chi connectivity index (χ3v) is 5.13. The fraction of sp³-hybridized carbons (Fsp3) is 0.917. The molecule has 0 bridgehead atoms. The molecule has 0 aromatic rings. The van der Waals surface area contributed by atoms with Gasteiger partial charge in [0.25, 0.3) is 0 Å². The number of carbonyl (C=O) groups is 1. The van der Waals surface area contributed by atoms with Gasteiger partial charge in [-0.25, -0.2) is 0 Å². The van der Waals surface area contributed by atoms with E-state index >= 15 is 0 Å². The third-order valence-electron chi connectivity index (χ3n) is 2.91. The van der Waals surface area contributed by atoms with E-state index in [1.807, 2.05) is 0 Å². The zero-order valence-corrected chi connectivity index (χ0v) is 12.8. The van der Waals surface area contributed by atoms with Crippen LogP contribution in [0.5, 0.6) is 0 Å². The van der Waals surface area contributed by atoms with Gasteiger partial charge < -0.3 is 5.32 Å². The zero-order valence-electron chi connectivity index (χ0n) is 10.4. The first-order chi connectivity index (χ1) is 7.44. The highest BCUT2D eigenvalue weighted by atomic mass is 79.9. The summed E-state index contributed by atoms with van der Waals surface area (Å²) in [4.78, 5) is 12.4. The number of thioether (sulfide) groups is 1. The lowest BCUT2D eigenvalue weighted by Gasteiger charge is -2.22. The number of amides is 1. The van der Waals surface area contributed by atoms with E-state index in [-0.39, 0.29) is 10.7 Å². The van der Waals surface area contributed by atoms with Crippen molar-refractivity contribution in [2.75, 3.05) is 12.3 Å². The Morgan fingerprint density at radius 1 is 1.56 bits per heavy atom. The van der Waals surface area contributed by atoms with Crippen LogP contribution in [-0.4, -0.2) is 27.8 Å². The van der Waals surface area contributed by atoms with Crippen molar-refractivity contribution in [2.45, 2.75) is 49.6 Å². The summed E-state index contributed by atoms with van der Waals surface area (Å²) in [5.41, 5.74) is 0. The summed E-state index contributed by atoms with van der Waals surface area (Å²) < 4.78 is -0.176. The Kier molecular flexibility index (Phi) is 5.65. The highest BCUT2D eigenvalue weighted by molar-refractivity contribution is 9.09. The summed E-state index contributed by atoms with van der Waals surface area (Å²) in [5, 5.41) is 3.06. The first-order valence-electron chi connectivity index (χ1n) is 6.00. The van der Waals surface area contributed by atoms with Crippen LogP contribution in [0.25, 0.3) is 0 Å². The van der Waals surface area contributed by atoms with Gasteiger partial charge >= 0.3 is 0 Å². The van der Waals surface area contributed by atoms with Gasteiger partial charge in [-0.3, -0.25) is 4.79 Å². The predicted molar refractivity (Wildman–Crippen MR) is 75.3 cm³/mol. The molecular weight excluding hydrogens is 286 g/mol. The fourth-order valence-electron chi connectivity index (χ4n) is 1.94. The smallest absolute Gasteiger partial charge is 0.235 e. The molecule has 4 heteroatoms. The number of carbonyl (C=O) groups excluding carboxylic acids is 1. The summed E-state index contributed by atoms with van der Waals surface area (Å²) in [6, 6.07) is 0. The highest BCUT2D eigenvalue weighted by Crippen LogP contribution is 2.37. The van der Waals surface area contributed by atoms with Crippen LogP contribution in [0.15, 0.2) is 0 Å². The second-order valence-corrected chi connectivity index (χ2v) is 8.01. The molecule has 0 radical (unpaired) electrons. The van der Waals surface area contributed by atoms with Gasteiger partial charge in [-0.15, -0.1) is 11.8 Å². The van der Waals surface area contributed by atoms with Gasteiger partial charge in [-0.1, -0.05) is 29.8 Å². The van der Waals surface area contributed by atoms with Crippen molar-refractivity contribution >= 4 is 33.6 Å². The molecule has 2 atom stereocenters. The standard InChI is InChI=1S/C12H22BrNOS/c1-9(2)7-10(13)8-14-11(15)12(3)5-4-6-16-12/h9-10H,4-8H2,1-3H3,(H,14,15). The van der Waals surface area contributed by atoms with E-state index < -0.39 is 0 Å². The van der Waals surface area contributed by atoms with E-state index in [9.17, 15) is 4.79 Å². The average Bonchev–Trinajstić information content (AvgIpc) is 2.62. The Balaban J connectivity index is 2.29. The first-order valence-corrected chi connectivity index (χ1v) is 7.90. The largest absolute Gasteiger partial charge is 0.354 e. The molecule has 0 saturated carbocycles. The van der Waals surface area contributed by atoms with Gasteiger partial charge in [-0.05, 0) is 37.9 Å². The molecule has 0 aromatic heterocycles.